The Labute approximate surface area is 109 Å². The maximum Gasteiger partial charge on any atom is 0.271 e. The average molecular weight is 260 g/mol. The van der Waals surface area contributed by atoms with Gasteiger partial charge in [0.15, 0.2) is 0 Å². The molecule has 19 heavy (non-hydrogen) atoms. The first kappa shape index (κ1) is 12.9. The molecule has 0 saturated carbocycles. The van der Waals surface area contributed by atoms with Crippen molar-refractivity contribution >= 4 is 11.7 Å². The minimum Gasteiger partial charge on any atom is -0.382 e. The summed E-state index contributed by atoms with van der Waals surface area (Å²) in [7, 11) is 0. The predicted octanol–water partition coefficient (Wildman–Crippen LogP) is 1.69. The first-order valence-corrected chi connectivity index (χ1v) is 5.70. The van der Waals surface area contributed by atoms with Gasteiger partial charge < -0.3 is 11.1 Å². The van der Waals surface area contributed by atoms with Gasteiger partial charge in [-0.25, -0.2) is 14.4 Å². The molecule has 98 valence electrons. The Kier molecular flexibility index (Phi) is 3.70. The molecule has 1 aromatic carbocycles. The van der Waals surface area contributed by atoms with Crippen LogP contribution in [0, 0.1) is 5.82 Å². The van der Waals surface area contributed by atoms with Crippen LogP contribution < -0.4 is 11.1 Å². The van der Waals surface area contributed by atoms with Crippen LogP contribution in [0.4, 0.5) is 10.2 Å². The molecule has 0 aliphatic rings. The monoisotopic (exact) mass is 260 g/mol. The molecule has 2 aromatic rings. The van der Waals surface area contributed by atoms with Crippen LogP contribution in [0.3, 0.4) is 0 Å². The summed E-state index contributed by atoms with van der Waals surface area (Å²) in [4.78, 5) is 19.5. The van der Waals surface area contributed by atoms with Crippen LogP contribution in [0.2, 0.25) is 0 Å². The quantitative estimate of drug-likeness (QED) is 0.880. The molecule has 0 bridgehead atoms. The van der Waals surface area contributed by atoms with Gasteiger partial charge in [0.2, 0.25) is 0 Å². The lowest BCUT2D eigenvalue weighted by atomic mass is 10.1. The zero-order valence-corrected chi connectivity index (χ0v) is 10.3. The second-order valence-corrected chi connectivity index (χ2v) is 4.08. The first-order valence-electron chi connectivity index (χ1n) is 5.70. The molecular formula is C13H13FN4O. The number of carbonyl (C=O) groups is 1. The number of aromatic nitrogens is 2. The summed E-state index contributed by atoms with van der Waals surface area (Å²) in [6, 6.07) is 5.73. The van der Waals surface area contributed by atoms with E-state index in [0.717, 1.165) is 0 Å². The zero-order chi connectivity index (χ0) is 13.8. The number of anilines is 1. The van der Waals surface area contributed by atoms with Gasteiger partial charge in [-0.3, -0.25) is 4.79 Å². The van der Waals surface area contributed by atoms with E-state index in [9.17, 15) is 9.18 Å². The van der Waals surface area contributed by atoms with Crippen molar-refractivity contribution in [3.05, 3.63) is 53.7 Å². The minimum atomic E-state index is -0.385. The van der Waals surface area contributed by atoms with Crippen LogP contribution in [0.1, 0.15) is 29.0 Å². The fourth-order valence-electron chi connectivity index (χ4n) is 1.59. The van der Waals surface area contributed by atoms with E-state index < -0.39 is 0 Å². The number of carbonyl (C=O) groups excluding carboxylic acids is 1. The molecule has 0 saturated heterocycles. The number of rotatable bonds is 3. The molecule has 1 aromatic heterocycles. The van der Waals surface area contributed by atoms with Crippen molar-refractivity contribution in [3.8, 4) is 0 Å². The van der Waals surface area contributed by atoms with Crippen LogP contribution in [0.15, 0.2) is 36.7 Å². The average Bonchev–Trinajstić information content (AvgIpc) is 2.39. The van der Waals surface area contributed by atoms with Crippen LogP contribution in [-0.4, -0.2) is 15.9 Å². The number of nitrogens with two attached hydrogens (primary N) is 1. The summed E-state index contributed by atoms with van der Waals surface area (Å²) in [5.41, 5.74) is 6.23. The van der Waals surface area contributed by atoms with Crippen molar-refractivity contribution < 1.29 is 9.18 Å². The van der Waals surface area contributed by atoms with Crippen molar-refractivity contribution in [2.45, 2.75) is 13.0 Å². The van der Waals surface area contributed by atoms with Crippen LogP contribution in [0.5, 0.6) is 0 Å². The van der Waals surface area contributed by atoms with E-state index in [2.05, 4.69) is 15.3 Å². The Balaban J connectivity index is 2.08. The highest BCUT2D eigenvalue weighted by Gasteiger charge is 2.13. The molecule has 2 rings (SSSR count). The number of nitrogens with zero attached hydrogens (tertiary/aromatic N) is 2. The highest BCUT2D eigenvalue weighted by Crippen LogP contribution is 2.13. The highest BCUT2D eigenvalue weighted by atomic mass is 19.1. The summed E-state index contributed by atoms with van der Waals surface area (Å²) in [5.74, 6) is -0.482. The van der Waals surface area contributed by atoms with Gasteiger partial charge >= 0.3 is 0 Å². The summed E-state index contributed by atoms with van der Waals surface area (Å²) >= 11 is 0. The van der Waals surface area contributed by atoms with Crippen molar-refractivity contribution in [2.75, 3.05) is 5.73 Å². The Morgan fingerprint density at radius 1 is 1.37 bits per heavy atom. The molecule has 1 unspecified atom stereocenters. The van der Waals surface area contributed by atoms with E-state index in [1.807, 2.05) is 0 Å². The van der Waals surface area contributed by atoms with Crippen molar-refractivity contribution in [1.82, 2.24) is 15.3 Å². The van der Waals surface area contributed by atoms with Gasteiger partial charge in [0.25, 0.3) is 5.91 Å². The Morgan fingerprint density at radius 3 is 2.79 bits per heavy atom. The van der Waals surface area contributed by atoms with E-state index in [-0.39, 0.29) is 29.3 Å². The Hall–Kier alpha value is -2.50. The van der Waals surface area contributed by atoms with Gasteiger partial charge in [-0.1, -0.05) is 12.1 Å². The van der Waals surface area contributed by atoms with Gasteiger partial charge in [0.1, 0.15) is 17.3 Å². The number of hydrogen-bond acceptors (Lipinski definition) is 4. The number of nitrogen functional groups attached to an aromatic ring is 1. The van der Waals surface area contributed by atoms with E-state index in [1.165, 1.54) is 24.5 Å². The lowest BCUT2D eigenvalue weighted by Gasteiger charge is -2.13. The minimum absolute atomic E-state index is 0.164. The summed E-state index contributed by atoms with van der Waals surface area (Å²) < 4.78 is 13.1. The van der Waals surface area contributed by atoms with Crippen molar-refractivity contribution in [2.24, 2.45) is 0 Å². The molecule has 3 N–H and O–H groups in total. The third-order valence-electron chi connectivity index (χ3n) is 2.60. The Morgan fingerprint density at radius 2 is 2.16 bits per heavy atom. The van der Waals surface area contributed by atoms with Crippen molar-refractivity contribution in [1.29, 1.82) is 0 Å². The standard InChI is InChI=1S/C13H13FN4O/c1-8(9-3-2-4-10(14)5-9)18-13(19)11-6-17-12(15)7-16-11/h2-8H,1H3,(H2,15,17)(H,18,19). The molecule has 0 aliphatic heterocycles. The molecular weight excluding hydrogens is 247 g/mol. The molecule has 0 spiro atoms. The summed E-state index contributed by atoms with van der Waals surface area (Å²) in [6.07, 6.45) is 2.60. The zero-order valence-electron chi connectivity index (χ0n) is 10.3. The molecule has 1 atom stereocenters. The number of benzene rings is 1. The molecule has 0 radical (unpaired) electrons. The van der Waals surface area contributed by atoms with E-state index in [1.54, 1.807) is 19.1 Å². The van der Waals surface area contributed by atoms with Gasteiger partial charge in [0, 0.05) is 0 Å². The van der Waals surface area contributed by atoms with Gasteiger partial charge in [0.05, 0.1) is 18.4 Å². The van der Waals surface area contributed by atoms with Gasteiger partial charge in [-0.2, -0.15) is 0 Å². The third kappa shape index (κ3) is 3.25. The van der Waals surface area contributed by atoms with E-state index >= 15 is 0 Å². The topological polar surface area (TPSA) is 80.9 Å². The summed E-state index contributed by atoms with van der Waals surface area (Å²) in [6.45, 7) is 1.76. The fourth-order valence-corrected chi connectivity index (χ4v) is 1.59. The number of nitrogens with one attached hydrogen (secondary N) is 1. The highest BCUT2D eigenvalue weighted by molar-refractivity contribution is 5.92. The van der Waals surface area contributed by atoms with Gasteiger partial charge in [-0.15, -0.1) is 0 Å². The SMILES string of the molecule is CC(NC(=O)c1cnc(N)cn1)c1cccc(F)c1. The molecule has 1 amide bonds. The first-order chi connectivity index (χ1) is 9.06. The van der Waals surface area contributed by atoms with Crippen LogP contribution >= 0.6 is 0 Å². The second-order valence-electron chi connectivity index (χ2n) is 4.08. The molecule has 6 heteroatoms. The third-order valence-corrected chi connectivity index (χ3v) is 2.60. The van der Waals surface area contributed by atoms with E-state index in [4.69, 9.17) is 5.73 Å². The smallest absolute Gasteiger partial charge is 0.271 e. The lowest BCUT2D eigenvalue weighted by molar-refractivity contribution is 0.0934. The number of hydrogen-bond donors (Lipinski definition) is 2. The number of amides is 1. The maximum atomic E-state index is 13.1. The molecule has 1 heterocycles. The fraction of sp³-hybridized carbons (Fsp3) is 0.154. The number of halogens is 1. The molecule has 0 aliphatic carbocycles. The van der Waals surface area contributed by atoms with E-state index in [0.29, 0.717) is 5.56 Å². The summed E-state index contributed by atoms with van der Waals surface area (Å²) in [5, 5.41) is 2.71. The normalized spacial score (nSPS) is 11.9. The van der Waals surface area contributed by atoms with Crippen LogP contribution in [0.25, 0.3) is 0 Å². The molecule has 0 fully saturated rings. The lowest BCUT2D eigenvalue weighted by Crippen LogP contribution is -2.27. The largest absolute Gasteiger partial charge is 0.382 e. The van der Waals surface area contributed by atoms with Crippen LogP contribution in [-0.2, 0) is 0 Å². The van der Waals surface area contributed by atoms with Crippen molar-refractivity contribution in [3.63, 3.8) is 0 Å². The predicted molar refractivity (Wildman–Crippen MR) is 68.7 cm³/mol. The second kappa shape index (κ2) is 5.43. The maximum absolute atomic E-state index is 13.1. The molecule has 5 nitrogen and oxygen atoms in total. The van der Waals surface area contributed by atoms with Gasteiger partial charge in [-0.05, 0) is 24.6 Å². The Bertz CT molecular complexity index is 585.